The van der Waals surface area contributed by atoms with Gasteiger partial charge in [0.1, 0.15) is 17.2 Å². The van der Waals surface area contributed by atoms with Crippen molar-refractivity contribution in [3.63, 3.8) is 0 Å². The van der Waals surface area contributed by atoms with Gasteiger partial charge in [-0.2, -0.15) is 0 Å². The first kappa shape index (κ1) is 31.3. The molecule has 1 aromatic carbocycles. The van der Waals surface area contributed by atoms with E-state index in [4.69, 9.17) is 43.4 Å². The summed E-state index contributed by atoms with van der Waals surface area (Å²) in [6.45, 7) is 5.13. The van der Waals surface area contributed by atoms with E-state index in [9.17, 15) is 14.7 Å². The number of carbonyl (C=O) groups excluding carboxylic acids is 2. The van der Waals surface area contributed by atoms with Crippen LogP contribution in [-0.4, -0.2) is 88.4 Å². The zero-order valence-corrected chi connectivity index (χ0v) is 26.3. The van der Waals surface area contributed by atoms with Gasteiger partial charge in [-0.1, -0.05) is 23.2 Å². The number of primary amides is 1. The Labute approximate surface area is 271 Å². The van der Waals surface area contributed by atoms with Crippen molar-refractivity contribution in [2.45, 2.75) is 37.8 Å². The molecule has 1 saturated carbocycles. The number of pyridine rings is 2. The summed E-state index contributed by atoms with van der Waals surface area (Å²) in [7, 11) is 0. The van der Waals surface area contributed by atoms with Crippen molar-refractivity contribution in [1.82, 2.24) is 19.8 Å². The second-order valence-electron chi connectivity index (χ2n) is 12.0. The highest BCUT2D eigenvalue weighted by atomic mass is 35.5. The average molecular weight is 656 g/mol. The van der Waals surface area contributed by atoms with Crippen molar-refractivity contribution in [2.75, 3.05) is 50.8 Å². The number of aromatic nitrogens is 2. The molecule has 13 heteroatoms. The first-order valence-corrected chi connectivity index (χ1v) is 15.9. The fourth-order valence-corrected chi connectivity index (χ4v) is 6.35. The molecule has 3 aromatic rings. The van der Waals surface area contributed by atoms with E-state index in [0.29, 0.717) is 85.5 Å². The molecule has 0 atom stereocenters. The van der Waals surface area contributed by atoms with Gasteiger partial charge in [0.05, 0.1) is 18.5 Å². The number of hydrogen-bond acceptors (Lipinski definition) is 9. The summed E-state index contributed by atoms with van der Waals surface area (Å²) in [6, 6.07) is 13.0. The number of anilines is 1. The van der Waals surface area contributed by atoms with Crippen LogP contribution in [-0.2, 0) is 16.1 Å². The van der Waals surface area contributed by atoms with Crippen LogP contribution in [0.15, 0.2) is 48.7 Å². The van der Waals surface area contributed by atoms with Crippen molar-refractivity contribution >= 4 is 41.0 Å². The number of aliphatic hydroxyl groups is 1. The molecule has 0 unspecified atom stereocenters. The van der Waals surface area contributed by atoms with Crippen molar-refractivity contribution in [2.24, 2.45) is 11.7 Å². The van der Waals surface area contributed by atoms with E-state index in [1.807, 2.05) is 36.4 Å². The molecular formula is C32H36Cl2N6O5. The molecule has 3 aliphatic rings. The molecule has 238 valence electrons. The normalized spacial score (nSPS) is 18.5. The van der Waals surface area contributed by atoms with Crippen LogP contribution < -0.4 is 15.4 Å². The molecule has 11 nitrogen and oxygen atoms in total. The lowest BCUT2D eigenvalue weighted by Gasteiger charge is -2.36. The van der Waals surface area contributed by atoms with Crippen molar-refractivity contribution in [3.8, 4) is 22.9 Å². The Kier molecular flexibility index (Phi) is 9.32. The Hall–Kier alpha value is -3.64. The van der Waals surface area contributed by atoms with Gasteiger partial charge in [-0.15, -0.1) is 0 Å². The predicted octanol–water partition coefficient (Wildman–Crippen LogP) is 4.72. The number of piperidine rings is 1. The molecule has 0 spiro atoms. The van der Waals surface area contributed by atoms with E-state index in [0.717, 1.165) is 42.9 Å². The maximum absolute atomic E-state index is 12.5. The summed E-state index contributed by atoms with van der Waals surface area (Å²) in [6.07, 6.45) is 3.85. The highest BCUT2D eigenvalue weighted by Crippen LogP contribution is 2.37. The van der Waals surface area contributed by atoms with Crippen LogP contribution in [0.4, 0.5) is 10.6 Å². The second kappa shape index (κ2) is 13.4. The highest BCUT2D eigenvalue weighted by Gasteiger charge is 2.50. The van der Waals surface area contributed by atoms with Gasteiger partial charge in [0, 0.05) is 54.4 Å². The van der Waals surface area contributed by atoms with E-state index in [1.165, 1.54) is 0 Å². The number of halogens is 2. The number of amides is 2. The van der Waals surface area contributed by atoms with E-state index in [2.05, 4.69) is 14.8 Å². The summed E-state index contributed by atoms with van der Waals surface area (Å²) >= 11 is 12.6. The minimum Gasteiger partial charge on any atom is -0.449 e. The van der Waals surface area contributed by atoms with Crippen LogP contribution in [0.2, 0.25) is 10.0 Å². The molecule has 2 saturated heterocycles. The number of nitrogens with two attached hydrogens (primary N) is 1. The van der Waals surface area contributed by atoms with Crippen LogP contribution in [0.3, 0.4) is 0 Å². The zero-order valence-electron chi connectivity index (χ0n) is 24.8. The lowest BCUT2D eigenvalue weighted by molar-refractivity contribution is -0.142. The summed E-state index contributed by atoms with van der Waals surface area (Å²) in [5.41, 5.74) is 6.47. The maximum atomic E-state index is 12.5. The second-order valence-corrected chi connectivity index (χ2v) is 12.8. The lowest BCUT2D eigenvalue weighted by atomic mass is 9.97. The molecule has 2 aromatic heterocycles. The van der Waals surface area contributed by atoms with Crippen molar-refractivity contribution in [1.29, 1.82) is 0 Å². The Morgan fingerprint density at radius 3 is 2.31 bits per heavy atom. The smallest absolute Gasteiger partial charge is 0.404 e. The highest BCUT2D eigenvalue weighted by molar-refractivity contribution is 6.35. The number of rotatable bonds is 9. The number of benzene rings is 1. The van der Waals surface area contributed by atoms with Crippen LogP contribution in [0.5, 0.6) is 11.6 Å². The van der Waals surface area contributed by atoms with Gasteiger partial charge in [0.2, 0.25) is 5.88 Å². The van der Waals surface area contributed by atoms with Gasteiger partial charge in [0.25, 0.3) is 5.91 Å². The van der Waals surface area contributed by atoms with Gasteiger partial charge < -0.3 is 30.1 Å². The number of carbonyl (C=O) groups is 2. The summed E-state index contributed by atoms with van der Waals surface area (Å²) in [5, 5.41) is 11.2. The molecule has 0 bridgehead atoms. The number of nitrogens with zero attached hydrogens (tertiary/aromatic N) is 5. The molecule has 2 aliphatic heterocycles. The Morgan fingerprint density at radius 1 is 0.978 bits per heavy atom. The molecule has 3 fully saturated rings. The van der Waals surface area contributed by atoms with Crippen LogP contribution in [0, 0.1) is 5.92 Å². The largest absolute Gasteiger partial charge is 0.449 e. The molecule has 1 aliphatic carbocycles. The minimum absolute atomic E-state index is 0.160. The maximum Gasteiger partial charge on any atom is 0.404 e. The average Bonchev–Trinajstić information content (AvgIpc) is 3.78. The minimum atomic E-state index is -1.14. The molecule has 0 radical (unpaired) electrons. The fraction of sp³-hybridized carbons (Fsp3) is 0.438. The number of hydrogen-bond donors (Lipinski definition) is 2. The molecule has 6 rings (SSSR count). The topological polar surface area (TPSA) is 134 Å². The third-order valence-corrected chi connectivity index (χ3v) is 8.99. The first-order valence-electron chi connectivity index (χ1n) is 15.2. The Morgan fingerprint density at radius 2 is 1.69 bits per heavy atom. The molecule has 45 heavy (non-hydrogen) atoms. The van der Waals surface area contributed by atoms with Gasteiger partial charge in [-0.25, -0.2) is 14.8 Å². The molecular weight excluding hydrogens is 619 g/mol. The van der Waals surface area contributed by atoms with E-state index in [1.54, 1.807) is 17.2 Å². The lowest BCUT2D eigenvalue weighted by Crippen LogP contribution is -2.52. The van der Waals surface area contributed by atoms with Crippen LogP contribution in [0.25, 0.3) is 11.3 Å². The Bertz CT molecular complexity index is 1520. The number of piperazine rings is 1. The molecule has 4 heterocycles. The fourth-order valence-electron chi connectivity index (χ4n) is 5.83. The van der Waals surface area contributed by atoms with Crippen LogP contribution in [0.1, 0.15) is 31.2 Å². The van der Waals surface area contributed by atoms with Gasteiger partial charge in [0.15, 0.2) is 0 Å². The summed E-state index contributed by atoms with van der Waals surface area (Å²) < 4.78 is 11.2. The van der Waals surface area contributed by atoms with E-state index >= 15 is 0 Å². The third-order valence-electron chi connectivity index (χ3n) is 8.55. The number of likely N-dealkylation sites (tertiary alicyclic amines) is 1. The van der Waals surface area contributed by atoms with Crippen LogP contribution >= 0.6 is 23.2 Å². The van der Waals surface area contributed by atoms with Gasteiger partial charge in [-0.05, 0) is 86.7 Å². The molecule has 3 N–H and O–H groups in total. The third kappa shape index (κ3) is 7.96. The van der Waals surface area contributed by atoms with E-state index < -0.39 is 11.7 Å². The monoisotopic (exact) mass is 654 g/mol. The predicted molar refractivity (Wildman–Crippen MR) is 171 cm³/mol. The SMILES string of the molecule is NC(=O)OCC1CCN(Cc2cc(Oc3ccc(N4CCN(C(=O)C5(O)CC5)CC4)nc3)nc(-c3cc(Cl)cc(Cl)c3)c2)CC1. The quantitative estimate of drug-likeness (QED) is 0.336. The zero-order chi connectivity index (χ0) is 31.6. The Balaban J connectivity index is 1.14. The van der Waals surface area contributed by atoms with Crippen molar-refractivity contribution < 1.29 is 24.2 Å². The molecule has 2 amide bonds. The van der Waals surface area contributed by atoms with E-state index in [-0.39, 0.29) is 5.91 Å². The number of ether oxygens (including phenoxy) is 2. The summed E-state index contributed by atoms with van der Waals surface area (Å²) in [5.74, 6) is 1.89. The van der Waals surface area contributed by atoms with Crippen molar-refractivity contribution in [3.05, 3.63) is 64.3 Å². The van der Waals surface area contributed by atoms with Gasteiger partial charge in [-0.3, -0.25) is 9.69 Å². The van der Waals surface area contributed by atoms with Gasteiger partial charge >= 0.3 is 6.09 Å². The summed E-state index contributed by atoms with van der Waals surface area (Å²) in [4.78, 5) is 39.1. The first-order chi connectivity index (χ1) is 21.6. The standard InChI is InChI=1S/C32H36Cl2N6O5/c33-24-15-23(16-25(34)17-24)27-13-22(19-38-7-3-21(4-8-38)20-44-31(35)42)14-29(37-27)45-26-1-2-28(36-18-26)39-9-11-40(12-10-39)30(41)32(43)5-6-32/h1-2,13-18,21,43H,3-12,19-20H2,(H2,35,42).